The summed E-state index contributed by atoms with van der Waals surface area (Å²) in [5, 5.41) is 7.57. The SMILES string of the molecule is CCN(c1ccc(F)cc1)c1cccnc1C(=N)N. The van der Waals surface area contributed by atoms with Gasteiger partial charge in [-0.1, -0.05) is 0 Å². The molecule has 0 fully saturated rings. The fourth-order valence-electron chi connectivity index (χ4n) is 1.94. The van der Waals surface area contributed by atoms with Gasteiger partial charge in [0, 0.05) is 18.4 Å². The molecule has 0 atom stereocenters. The number of halogens is 1. The summed E-state index contributed by atoms with van der Waals surface area (Å²) in [5.74, 6) is -0.367. The first-order valence-corrected chi connectivity index (χ1v) is 5.96. The molecule has 0 aliphatic heterocycles. The van der Waals surface area contributed by atoms with E-state index in [2.05, 4.69) is 4.98 Å². The molecule has 4 nitrogen and oxygen atoms in total. The molecular weight excluding hydrogens is 243 g/mol. The highest BCUT2D eigenvalue weighted by Crippen LogP contribution is 2.27. The summed E-state index contributed by atoms with van der Waals surface area (Å²) in [5.41, 5.74) is 7.54. The number of nitrogen functional groups attached to an aromatic ring is 1. The van der Waals surface area contributed by atoms with Crippen LogP contribution >= 0.6 is 0 Å². The van der Waals surface area contributed by atoms with Crippen LogP contribution < -0.4 is 10.6 Å². The second kappa shape index (κ2) is 5.48. The maximum Gasteiger partial charge on any atom is 0.143 e. The van der Waals surface area contributed by atoms with Crippen LogP contribution in [0.2, 0.25) is 0 Å². The molecule has 2 rings (SSSR count). The van der Waals surface area contributed by atoms with Crippen LogP contribution in [0.3, 0.4) is 0 Å². The van der Waals surface area contributed by atoms with Crippen LogP contribution in [-0.2, 0) is 0 Å². The zero-order valence-electron chi connectivity index (χ0n) is 10.6. The fraction of sp³-hybridized carbons (Fsp3) is 0.143. The Morgan fingerprint density at radius 1 is 1.32 bits per heavy atom. The van der Waals surface area contributed by atoms with Crippen LogP contribution in [0.25, 0.3) is 0 Å². The number of nitrogens with zero attached hydrogens (tertiary/aromatic N) is 2. The largest absolute Gasteiger partial charge is 0.382 e. The number of rotatable bonds is 4. The van der Waals surface area contributed by atoms with Crippen molar-refractivity contribution < 1.29 is 4.39 Å². The van der Waals surface area contributed by atoms with Crippen molar-refractivity contribution >= 4 is 17.2 Å². The minimum atomic E-state index is -0.280. The van der Waals surface area contributed by atoms with Crippen molar-refractivity contribution in [2.75, 3.05) is 11.4 Å². The van der Waals surface area contributed by atoms with Crippen LogP contribution in [0.15, 0.2) is 42.6 Å². The molecule has 1 aromatic heterocycles. The highest BCUT2D eigenvalue weighted by Gasteiger charge is 2.14. The van der Waals surface area contributed by atoms with Crippen molar-refractivity contribution in [1.82, 2.24) is 4.98 Å². The molecule has 0 amide bonds. The van der Waals surface area contributed by atoms with Gasteiger partial charge >= 0.3 is 0 Å². The van der Waals surface area contributed by atoms with E-state index >= 15 is 0 Å². The van der Waals surface area contributed by atoms with Crippen molar-refractivity contribution in [3.05, 3.63) is 54.1 Å². The molecule has 0 bridgehead atoms. The summed E-state index contributed by atoms with van der Waals surface area (Å²) < 4.78 is 13.0. The van der Waals surface area contributed by atoms with Gasteiger partial charge in [0.2, 0.25) is 0 Å². The van der Waals surface area contributed by atoms with Crippen LogP contribution in [0, 0.1) is 11.2 Å². The van der Waals surface area contributed by atoms with Crippen LogP contribution in [-0.4, -0.2) is 17.4 Å². The summed E-state index contributed by atoms with van der Waals surface area (Å²) in [4.78, 5) is 6.06. The lowest BCUT2D eigenvalue weighted by atomic mass is 10.2. The van der Waals surface area contributed by atoms with E-state index in [-0.39, 0.29) is 11.7 Å². The molecule has 0 aliphatic carbocycles. The van der Waals surface area contributed by atoms with Crippen molar-refractivity contribution in [2.24, 2.45) is 5.73 Å². The Balaban J connectivity index is 2.48. The molecule has 2 aromatic rings. The number of benzene rings is 1. The summed E-state index contributed by atoms with van der Waals surface area (Å²) in [7, 11) is 0. The van der Waals surface area contributed by atoms with Gasteiger partial charge in [-0.3, -0.25) is 10.4 Å². The summed E-state index contributed by atoms with van der Waals surface area (Å²) in [6.45, 7) is 2.64. The maximum absolute atomic E-state index is 13.0. The highest BCUT2D eigenvalue weighted by molar-refractivity contribution is 5.99. The van der Waals surface area contributed by atoms with Gasteiger partial charge in [0.1, 0.15) is 17.3 Å². The molecular formula is C14H15FN4. The molecule has 5 heteroatoms. The lowest BCUT2D eigenvalue weighted by Gasteiger charge is -2.24. The van der Waals surface area contributed by atoms with Crippen LogP contribution in [0.1, 0.15) is 12.6 Å². The average molecular weight is 258 g/mol. The zero-order chi connectivity index (χ0) is 13.8. The summed E-state index contributed by atoms with van der Waals surface area (Å²) >= 11 is 0. The molecule has 0 saturated carbocycles. The number of hydrogen-bond acceptors (Lipinski definition) is 3. The van der Waals surface area contributed by atoms with E-state index in [1.165, 1.54) is 12.1 Å². The number of nitrogens with two attached hydrogens (primary N) is 1. The van der Waals surface area contributed by atoms with Gasteiger partial charge in [0.25, 0.3) is 0 Å². The molecule has 0 saturated heterocycles. The van der Waals surface area contributed by atoms with Crippen molar-refractivity contribution in [1.29, 1.82) is 5.41 Å². The topological polar surface area (TPSA) is 66.0 Å². The molecule has 98 valence electrons. The normalized spacial score (nSPS) is 10.2. The van der Waals surface area contributed by atoms with Crippen LogP contribution in [0.4, 0.5) is 15.8 Å². The quantitative estimate of drug-likeness (QED) is 0.654. The average Bonchev–Trinajstić information content (AvgIpc) is 2.42. The van der Waals surface area contributed by atoms with E-state index in [4.69, 9.17) is 11.1 Å². The third kappa shape index (κ3) is 2.70. The number of hydrogen-bond donors (Lipinski definition) is 2. The van der Waals surface area contributed by atoms with Gasteiger partial charge < -0.3 is 10.6 Å². The van der Waals surface area contributed by atoms with E-state index in [1.54, 1.807) is 24.4 Å². The standard InChI is InChI=1S/C14H15FN4/c1-2-19(11-7-5-10(15)6-8-11)12-4-3-9-18-13(12)14(16)17/h3-9H,2H2,1H3,(H3,16,17). The summed E-state index contributed by atoms with van der Waals surface area (Å²) in [6, 6.07) is 9.82. The Morgan fingerprint density at radius 3 is 2.58 bits per heavy atom. The number of anilines is 2. The highest BCUT2D eigenvalue weighted by atomic mass is 19.1. The van der Waals surface area contributed by atoms with E-state index in [9.17, 15) is 4.39 Å². The van der Waals surface area contributed by atoms with Crippen molar-refractivity contribution in [2.45, 2.75) is 6.92 Å². The van der Waals surface area contributed by atoms with Gasteiger partial charge in [-0.05, 0) is 43.3 Å². The molecule has 3 N–H and O–H groups in total. The minimum absolute atomic E-state index is 0.0869. The number of nitrogens with one attached hydrogen (secondary N) is 1. The van der Waals surface area contributed by atoms with Gasteiger partial charge in [0.15, 0.2) is 0 Å². The zero-order valence-corrected chi connectivity index (χ0v) is 10.6. The van der Waals surface area contributed by atoms with Crippen molar-refractivity contribution in [3.8, 4) is 0 Å². The van der Waals surface area contributed by atoms with Gasteiger partial charge in [0.05, 0.1) is 5.69 Å². The maximum atomic E-state index is 13.0. The molecule has 0 aliphatic rings. The smallest absolute Gasteiger partial charge is 0.143 e. The van der Waals surface area contributed by atoms with Gasteiger partial charge in [-0.2, -0.15) is 0 Å². The van der Waals surface area contributed by atoms with Crippen LogP contribution in [0.5, 0.6) is 0 Å². The number of amidine groups is 1. The predicted octanol–water partition coefficient (Wildman–Crippen LogP) is 2.66. The fourth-order valence-corrected chi connectivity index (χ4v) is 1.94. The first-order chi connectivity index (χ1) is 9.13. The van der Waals surface area contributed by atoms with Gasteiger partial charge in [-0.25, -0.2) is 4.39 Å². The number of pyridine rings is 1. The molecule has 0 unspecified atom stereocenters. The summed E-state index contributed by atoms with van der Waals surface area (Å²) in [6.07, 6.45) is 1.60. The lowest BCUT2D eigenvalue weighted by Crippen LogP contribution is -2.22. The predicted molar refractivity (Wildman–Crippen MR) is 74.3 cm³/mol. The molecule has 0 spiro atoms. The first kappa shape index (κ1) is 13.0. The second-order valence-corrected chi connectivity index (χ2v) is 4.01. The first-order valence-electron chi connectivity index (χ1n) is 5.96. The third-order valence-corrected chi connectivity index (χ3v) is 2.79. The molecule has 0 radical (unpaired) electrons. The monoisotopic (exact) mass is 258 g/mol. The lowest BCUT2D eigenvalue weighted by molar-refractivity contribution is 0.628. The molecule has 1 heterocycles. The van der Waals surface area contributed by atoms with Gasteiger partial charge in [-0.15, -0.1) is 0 Å². The Kier molecular flexibility index (Phi) is 3.75. The van der Waals surface area contributed by atoms with Crippen molar-refractivity contribution in [3.63, 3.8) is 0 Å². The van der Waals surface area contributed by atoms with E-state index in [0.717, 1.165) is 11.4 Å². The Morgan fingerprint density at radius 2 is 2.00 bits per heavy atom. The number of aromatic nitrogens is 1. The van der Waals surface area contributed by atoms with E-state index in [1.807, 2.05) is 17.9 Å². The minimum Gasteiger partial charge on any atom is -0.382 e. The third-order valence-electron chi connectivity index (χ3n) is 2.79. The van der Waals surface area contributed by atoms with E-state index < -0.39 is 0 Å². The Labute approximate surface area is 111 Å². The Hall–Kier alpha value is -2.43. The van der Waals surface area contributed by atoms with E-state index in [0.29, 0.717) is 12.2 Å². The Bertz CT molecular complexity index is 580. The second-order valence-electron chi connectivity index (χ2n) is 4.01. The molecule has 1 aromatic carbocycles. The molecule has 19 heavy (non-hydrogen) atoms.